The topological polar surface area (TPSA) is 60.6 Å². The number of aryl methyl sites for hydroxylation is 1. The van der Waals surface area contributed by atoms with Crippen molar-refractivity contribution in [3.05, 3.63) is 108 Å². The van der Waals surface area contributed by atoms with Gasteiger partial charge in [0.1, 0.15) is 5.69 Å². The fraction of sp³-hybridized carbons (Fsp3) is 0.172. The predicted molar refractivity (Wildman–Crippen MR) is 144 cm³/mol. The largest absolute Gasteiger partial charge is 0.378 e. The van der Waals surface area contributed by atoms with Gasteiger partial charge in [0.25, 0.3) is 0 Å². The zero-order valence-corrected chi connectivity index (χ0v) is 20.3. The molecular formula is C29H31N5. The lowest BCUT2D eigenvalue weighted by Gasteiger charge is -2.14. The Hall–Kier alpha value is -4.12. The summed E-state index contributed by atoms with van der Waals surface area (Å²) in [7, 11) is 4.03. The normalized spacial score (nSPS) is 14.6. The first-order valence-electron chi connectivity index (χ1n) is 11.4. The van der Waals surface area contributed by atoms with Crippen molar-refractivity contribution in [3.63, 3.8) is 0 Å². The number of nitrogens with zero attached hydrogens (tertiary/aromatic N) is 3. The third-order valence-corrected chi connectivity index (χ3v) is 5.97. The van der Waals surface area contributed by atoms with Crippen LogP contribution in [0, 0.1) is 6.92 Å². The smallest absolute Gasteiger partial charge is 0.159 e. The van der Waals surface area contributed by atoms with Gasteiger partial charge in [-0.15, -0.1) is 0 Å². The van der Waals surface area contributed by atoms with Gasteiger partial charge in [-0.05, 0) is 61.3 Å². The highest BCUT2D eigenvalue weighted by Crippen LogP contribution is 2.33. The molecule has 0 radical (unpaired) electrons. The molecule has 0 aliphatic heterocycles. The number of allylic oxidation sites excluding steroid dienone is 11. The Morgan fingerprint density at radius 3 is 2.68 bits per heavy atom. The molecule has 0 saturated heterocycles. The Balaban J connectivity index is 1.79. The van der Waals surface area contributed by atoms with Crippen LogP contribution in [0.4, 0.5) is 0 Å². The van der Waals surface area contributed by atoms with Gasteiger partial charge in [-0.25, -0.2) is 4.98 Å². The fourth-order valence-corrected chi connectivity index (χ4v) is 4.16. The molecule has 1 aliphatic carbocycles. The van der Waals surface area contributed by atoms with Crippen LogP contribution < -0.4 is 0 Å². The molecule has 0 fully saturated rings. The zero-order valence-electron chi connectivity index (χ0n) is 20.3. The van der Waals surface area contributed by atoms with Crippen molar-refractivity contribution >= 4 is 22.0 Å². The number of fused-ring (bicyclic) bond motifs is 1. The predicted octanol–water partition coefficient (Wildman–Crippen LogP) is 6.75. The summed E-state index contributed by atoms with van der Waals surface area (Å²) in [6, 6.07) is 6.33. The highest BCUT2D eigenvalue weighted by atomic mass is 15.1. The maximum absolute atomic E-state index is 4.97. The molecule has 5 nitrogen and oxygen atoms in total. The van der Waals surface area contributed by atoms with Crippen LogP contribution in [0.25, 0.3) is 33.6 Å². The van der Waals surface area contributed by atoms with Crippen molar-refractivity contribution in [3.8, 4) is 11.5 Å². The van der Waals surface area contributed by atoms with E-state index in [9.17, 15) is 0 Å². The van der Waals surface area contributed by atoms with Crippen LogP contribution in [0.2, 0.25) is 0 Å². The summed E-state index contributed by atoms with van der Waals surface area (Å²) in [5.41, 5.74) is 9.17. The third kappa shape index (κ3) is 4.37. The summed E-state index contributed by atoms with van der Waals surface area (Å²) in [6.07, 6.45) is 17.4. The van der Waals surface area contributed by atoms with Crippen LogP contribution in [0.15, 0.2) is 91.2 Å². The molecule has 1 aromatic carbocycles. The van der Waals surface area contributed by atoms with Gasteiger partial charge in [0, 0.05) is 36.4 Å². The molecule has 1 aliphatic rings. The summed E-state index contributed by atoms with van der Waals surface area (Å²) >= 11 is 0. The van der Waals surface area contributed by atoms with Gasteiger partial charge in [-0.2, -0.15) is 5.10 Å². The first-order chi connectivity index (χ1) is 16.5. The van der Waals surface area contributed by atoms with E-state index in [1.165, 1.54) is 5.57 Å². The van der Waals surface area contributed by atoms with Crippen LogP contribution in [0.5, 0.6) is 0 Å². The molecule has 2 N–H and O–H groups in total. The molecule has 172 valence electrons. The summed E-state index contributed by atoms with van der Waals surface area (Å²) in [5, 5.41) is 8.78. The fourth-order valence-electron chi connectivity index (χ4n) is 4.16. The standard InChI is InChI=1S/C29H31N5/c1-7-12-24(21-13-10-11-14-21)27-19(4)30-29(31-27)28-25-18-22(15-16-26(25)32-33-28)20(8-2)17-23(9-3)34(5)6/h7-10,12-18H,1,3,11H2,2,4-6H3,(H,30,31)(H,32,33)/b20-8+,23-17+,24-12-. The van der Waals surface area contributed by atoms with Crippen LogP contribution in [0.3, 0.4) is 0 Å². The second-order valence-electron chi connectivity index (χ2n) is 8.42. The average Bonchev–Trinajstić information content (AvgIpc) is 3.58. The van der Waals surface area contributed by atoms with Gasteiger partial charge in [0.05, 0.1) is 11.2 Å². The van der Waals surface area contributed by atoms with Gasteiger partial charge < -0.3 is 9.88 Å². The SMILES string of the molecule is C=C/C=C(/C1=CCC=C1)c1nc(-c2n[nH]c3ccc(C(=C/C)/C=C(\C=C)N(C)C)cc23)[nH]c1C. The van der Waals surface area contributed by atoms with Crippen molar-refractivity contribution < 1.29 is 0 Å². The van der Waals surface area contributed by atoms with Crippen LogP contribution in [-0.2, 0) is 0 Å². The molecular weight excluding hydrogens is 418 g/mol. The minimum atomic E-state index is 0.742. The average molecular weight is 450 g/mol. The van der Waals surface area contributed by atoms with E-state index in [0.29, 0.717) is 0 Å². The highest BCUT2D eigenvalue weighted by Gasteiger charge is 2.19. The molecule has 0 atom stereocenters. The van der Waals surface area contributed by atoms with Gasteiger partial charge in [-0.1, -0.05) is 55.7 Å². The number of nitrogens with one attached hydrogen (secondary N) is 2. The number of H-pyrrole nitrogens is 2. The number of hydrogen-bond donors (Lipinski definition) is 2. The van der Waals surface area contributed by atoms with E-state index in [0.717, 1.165) is 62.6 Å². The molecule has 3 aromatic rings. The van der Waals surface area contributed by atoms with Crippen molar-refractivity contribution in [1.82, 2.24) is 25.1 Å². The third-order valence-electron chi connectivity index (χ3n) is 5.97. The first kappa shape index (κ1) is 23.1. The van der Waals surface area contributed by atoms with Crippen LogP contribution >= 0.6 is 0 Å². The number of rotatable bonds is 8. The Morgan fingerprint density at radius 2 is 2.03 bits per heavy atom. The number of imidazole rings is 1. The van der Waals surface area contributed by atoms with Gasteiger partial charge in [0.2, 0.25) is 0 Å². The lowest BCUT2D eigenvalue weighted by Crippen LogP contribution is -2.09. The van der Waals surface area contributed by atoms with E-state index in [2.05, 4.69) is 81.8 Å². The van der Waals surface area contributed by atoms with E-state index < -0.39 is 0 Å². The zero-order chi connectivity index (χ0) is 24.2. The molecule has 4 rings (SSSR count). The molecule has 0 unspecified atom stereocenters. The molecule has 0 saturated carbocycles. The Bertz CT molecular complexity index is 1400. The Kier molecular flexibility index (Phi) is 6.64. The summed E-state index contributed by atoms with van der Waals surface area (Å²) < 4.78 is 0. The monoisotopic (exact) mass is 449 g/mol. The minimum Gasteiger partial charge on any atom is -0.378 e. The van der Waals surface area contributed by atoms with E-state index in [-0.39, 0.29) is 0 Å². The number of likely N-dealkylation sites (N-methyl/N-ethyl adjacent to an activating group) is 1. The summed E-state index contributed by atoms with van der Waals surface area (Å²) in [4.78, 5) is 10.5. The number of aromatic amines is 2. The van der Waals surface area contributed by atoms with Crippen LogP contribution in [0.1, 0.15) is 30.3 Å². The second kappa shape index (κ2) is 9.79. The molecule has 0 bridgehead atoms. The molecule has 2 aromatic heterocycles. The number of aromatic nitrogens is 4. The summed E-state index contributed by atoms with van der Waals surface area (Å²) in [6.45, 7) is 11.9. The number of benzene rings is 1. The Morgan fingerprint density at radius 1 is 1.21 bits per heavy atom. The van der Waals surface area contributed by atoms with E-state index in [1.807, 2.05) is 46.2 Å². The van der Waals surface area contributed by atoms with Gasteiger partial charge >= 0.3 is 0 Å². The van der Waals surface area contributed by atoms with E-state index in [1.54, 1.807) is 0 Å². The van der Waals surface area contributed by atoms with Crippen LogP contribution in [-0.4, -0.2) is 39.2 Å². The number of hydrogen-bond acceptors (Lipinski definition) is 3. The lowest BCUT2D eigenvalue weighted by atomic mass is 10.0. The van der Waals surface area contributed by atoms with Crippen molar-refractivity contribution in [2.45, 2.75) is 20.3 Å². The van der Waals surface area contributed by atoms with Crippen molar-refractivity contribution in [1.29, 1.82) is 0 Å². The molecule has 2 heterocycles. The summed E-state index contributed by atoms with van der Waals surface area (Å²) in [5.74, 6) is 0.742. The van der Waals surface area contributed by atoms with Gasteiger partial charge in [-0.3, -0.25) is 5.10 Å². The highest BCUT2D eigenvalue weighted by molar-refractivity contribution is 5.95. The van der Waals surface area contributed by atoms with E-state index in [4.69, 9.17) is 4.98 Å². The molecule has 0 spiro atoms. The Labute approximate surface area is 201 Å². The van der Waals surface area contributed by atoms with Gasteiger partial charge in [0.15, 0.2) is 5.82 Å². The second-order valence-corrected chi connectivity index (χ2v) is 8.42. The molecule has 5 heteroatoms. The molecule has 34 heavy (non-hydrogen) atoms. The maximum Gasteiger partial charge on any atom is 0.159 e. The maximum atomic E-state index is 4.97. The first-order valence-corrected chi connectivity index (χ1v) is 11.4. The lowest BCUT2D eigenvalue weighted by molar-refractivity contribution is 0.530. The quantitative estimate of drug-likeness (QED) is 0.374. The van der Waals surface area contributed by atoms with Crippen molar-refractivity contribution in [2.24, 2.45) is 0 Å². The van der Waals surface area contributed by atoms with E-state index >= 15 is 0 Å². The minimum absolute atomic E-state index is 0.742. The molecule has 0 amide bonds. The van der Waals surface area contributed by atoms with Crippen molar-refractivity contribution in [2.75, 3.05) is 14.1 Å².